The largest absolute Gasteiger partial charge is 0.347 e. The van der Waals surface area contributed by atoms with E-state index in [1.54, 1.807) is 23.3 Å². The van der Waals surface area contributed by atoms with Gasteiger partial charge in [0.05, 0.1) is 12.7 Å². The molecule has 7 nitrogen and oxygen atoms in total. The zero-order valence-electron chi connectivity index (χ0n) is 16.7. The highest BCUT2D eigenvalue weighted by Crippen LogP contribution is 2.07. The SMILES string of the molecule is CC(C)=CCCC(C)N(C)CCn1cc(C(=O)NCc2ccncc2)nn1. The highest BCUT2D eigenvalue weighted by Gasteiger charge is 2.12. The molecule has 1 amide bonds. The molecule has 0 saturated carbocycles. The smallest absolute Gasteiger partial charge is 0.273 e. The molecule has 0 spiro atoms. The van der Waals surface area contributed by atoms with Crippen LogP contribution in [0.1, 0.15) is 49.7 Å². The quantitative estimate of drug-likeness (QED) is 0.651. The Balaban J connectivity index is 1.76. The number of allylic oxidation sites excluding steroid dienone is 2. The third-order valence-corrected chi connectivity index (χ3v) is 4.54. The van der Waals surface area contributed by atoms with Crippen LogP contribution >= 0.6 is 0 Å². The fraction of sp³-hybridized carbons (Fsp3) is 0.500. The van der Waals surface area contributed by atoms with E-state index in [9.17, 15) is 4.79 Å². The molecule has 27 heavy (non-hydrogen) atoms. The molecule has 146 valence electrons. The van der Waals surface area contributed by atoms with Gasteiger partial charge in [0.1, 0.15) is 0 Å². The molecule has 0 aromatic carbocycles. The lowest BCUT2D eigenvalue weighted by atomic mass is 10.1. The van der Waals surface area contributed by atoms with Crippen LogP contribution in [0.4, 0.5) is 0 Å². The van der Waals surface area contributed by atoms with Gasteiger partial charge in [0.15, 0.2) is 5.69 Å². The lowest BCUT2D eigenvalue weighted by Gasteiger charge is -2.24. The van der Waals surface area contributed by atoms with Gasteiger partial charge in [-0.3, -0.25) is 14.5 Å². The Labute approximate surface area is 161 Å². The van der Waals surface area contributed by atoms with Crippen LogP contribution in [0.2, 0.25) is 0 Å². The second kappa shape index (κ2) is 10.6. The molecule has 1 unspecified atom stereocenters. The molecule has 0 saturated heterocycles. The van der Waals surface area contributed by atoms with Gasteiger partial charge in [-0.1, -0.05) is 16.9 Å². The van der Waals surface area contributed by atoms with Crippen molar-refractivity contribution in [2.75, 3.05) is 13.6 Å². The molecule has 0 aliphatic heterocycles. The number of amides is 1. The summed E-state index contributed by atoms with van der Waals surface area (Å²) < 4.78 is 1.72. The Morgan fingerprint density at radius 1 is 1.33 bits per heavy atom. The number of pyridine rings is 1. The summed E-state index contributed by atoms with van der Waals surface area (Å²) in [5, 5.41) is 10.9. The summed E-state index contributed by atoms with van der Waals surface area (Å²) >= 11 is 0. The van der Waals surface area contributed by atoms with Gasteiger partial charge in [-0.25, -0.2) is 0 Å². The maximum atomic E-state index is 12.2. The van der Waals surface area contributed by atoms with E-state index in [1.165, 1.54) is 5.57 Å². The molecule has 0 aliphatic carbocycles. The first kappa shape index (κ1) is 20.8. The number of nitrogens with one attached hydrogen (secondary N) is 1. The molecule has 2 aromatic rings. The van der Waals surface area contributed by atoms with Gasteiger partial charge in [-0.2, -0.15) is 0 Å². The fourth-order valence-corrected chi connectivity index (χ4v) is 2.60. The predicted octanol–water partition coefficient (Wildman–Crippen LogP) is 2.67. The monoisotopic (exact) mass is 370 g/mol. The van der Waals surface area contributed by atoms with Crippen molar-refractivity contribution in [3.8, 4) is 0 Å². The first-order valence-electron chi connectivity index (χ1n) is 9.36. The van der Waals surface area contributed by atoms with Crippen LogP contribution in [0.3, 0.4) is 0 Å². The average molecular weight is 371 g/mol. The van der Waals surface area contributed by atoms with Crippen LogP contribution in [0.15, 0.2) is 42.4 Å². The Morgan fingerprint density at radius 3 is 2.78 bits per heavy atom. The van der Waals surface area contributed by atoms with Crippen LogP contribution in [-0.4, -0.2) is 50.4 Å². The van der Waals surface area contributed by atoms with Crippen molar-refractivity contribution < 1.29 is 4.79 Å². The average Bonchev–Trinajstić information content (AvgIpc) is 3.13. The standard InChI is InChI=1S/C20H30N6O/c1-16(2)6-5-7-17(3)25(4)12-13-26-15-19(23-24-26)20(27)22-14-18-8-10-21-11-9-18/h6,8-11,15,17H,5,7,12-14H2,1-4H3,(H,22,27). The van der Waals surface area contributed by atoms with Crippen LogP contribution in [0, 0.1) is 0 Å². The summed E-state index contributed by atoms with van der Waals surface area (Å²) in [6.07, 6.45) is 9.60. The zero-order valence-corrected chi connectivity index (χ0v) is 16.7. The topological polar surface area (TPSA) is 75.9 Å². The normalized spacial score (nSPS) is 12.0. The number of nitrogens with zero attached hydrogens (tertiary/aromatic N) is 5. The lowest BCUT2D eigenvalue weighted by Crippen LogP contribution is -2.32. The summed E-state index contributed by atoms with van der Waals surface area (Å²) in [5.41, 5.74) is 2.69. The molecule has 1 atom stereocenters. The van der Waals surface area contributed by atoms with Gasteiger partial charge >= 0.3 is 0 Å². The van der Waals surface area contributed by atoms with E-state index < -0.39 is 0 Å². The van der Waals surface area contributed by atoms with Crippen molar-refractivity contribution in [2.45, 2.75) is 52.7 Å². The summed E-state index contributed by atoms with van der Waals surface area (Å²) in [6.45, 7) is 8.50. The fourth-order valence-electron chi connectivity index (χ4n) is 2.60. The van der Waals surface area contributed by atoms with Gasteiger partial charge in [0, 0.05) is 31.5 Å². The van der Waals surface area contributed by atoms with Crippen LogP contribution in [0.25, 0.3) is 0 Å². The van der Waals surface area contributed by atoms with Crippen molar-refractivity contribution in [1.82, 2.24) is 30.2 Å². The minimum absolute atomic E-state index is 0.221. The van der Waals surface area contributed by atoms with Gasteiger partial charge in [-0.15, -0.1) is 5.10 Å². The molecular formula is C20H30N6O. The number of hydrogen-bond acceptors (Lipinski definition) is 5. The van der Waals surface area contributed by atoms with E-state index in [1.807, 2.05) is 12.1 Å². The van der Waals surface area contributed by atoms with Gasteiger partial charge in [0.25, 0.3) is 5.91 Å². The number of carbonyl (C=O) groups excluding carboxylic acids is 1. The molecule has 1 N–H and O–H groups in total. The molecule has 7 heteroatoms. The van der Waals surface area contributed by atoms with Gasteiger partial charge in [-0.05, 0) is 58.4 Å². The number of hydrogen-bond donors (Lipinski definition) is 1. The highest BCUT2D eigenvalue weighted by atomic mass is 16.2. The number of likely N-dealkylation sites (N-methyl/N-ethyl adjacent to an activating group) is 1. The summed E-state index contributed by atoms with van der Waals surface area (Å²) in [6, 6.07) is 4.23. The van der Waals surface area contributed by atoms with Crippen molar-refractivity contribution in [1.29, 1.82) is 0 Å². The second-order valence-corrected chi connectivity index (χ2v) is 7.09. The minimum atomic E-state index is -0.221. The van der Waals surface area contributed by atoms with E-state index in [4.69, 9.17) is 0 Å². The Bertz CT molecular complexity index is 736. The van der Waals surface area contributed by atoms with E-state index in [-0.39, 0.29) is 5.91 Å². The van der Waals surface area contributed by atoms with Crippen molar-refractivity contribution in [3.05, 3.63) is 53.6 Å². The van der Waals surface area contributed by atoms with E-state index >= 15 is 0 Å². The molecule has 2 rings (SSSR count). The molecule has 0 fully saturated rings. The maximum absolute atomic E-state index is 12.2. The third kappa shape index (κ3) is 7.30. The number of carbonyl (C=O) groups is 1. The number of rotatable bonds is 10. The third-order valence-electron chi connectivity index (χ3n) is 4.54. The van der Waals surface area contributed by atoms with Gasteiger partial charge < -0.3 is 10.2 Å². The lowest BCUT2D eigenvalue weighted by molar-refractivity contribution is 0.0946. The molecular weight excluding hydrogens is 340 g/mol. The molecule has 2 aromatic heterocycles. The van der Waals surface area contributed by atoms with Crippen molar-refractivity contribution >= 4 is 5.91 Å². The Kier molecular flexibility index (Phi) is 8.13. The second-order valence-electron chi connectivity index (χ2n) is 7.09. The molecule has 0 bridgehead atoms. The summed E-state index contributed by atoms with van der Waals surface area (Å²) in [5.74, 6) is -0.221. The Hall–Kier alpha value is -2.54. The van der Waals surface area contributed by atoms with E-state index in [0.29, 0.717) is 24.8 Å². The first-order chi connectivity index (χ1) is 13.0. The minimum Gasteiger partial charge on any atom is -0.347 e. The molecule has 2 heterocycles. The predicted molar refractivity (Wildman–Crippen MR) is 106 cm³/mol. The Morgan fingerprint density at radius 2 is 2.07 bits per heavy atom. The highest BCUT2D eigenvalue weighted by molar-refractivity contribution is 5.91. The van der Waals surface area contributed by atoms with Crippen molar-refractivity contribution in [2.24, 2.45) is 0 Å². The summed E-state index contributed by atoms with van der Waals surface area (Å²) in [7, 11) is 2.12. The summed E-state index contributed by atoms with van der Waals surface area (Å²) in [4.78, 5) is 18.5. The van der Waals surface area contributed by atoms with Gasteiger partial charge in [0.2, 0.25) is 0 Å². The maximum Gasteiger partial charge on any atom is 0.273 e. The zero-order chi connectivity index (χ0) is 19.6. The van der Waals surface area contributed by atoms with Crippen molar-refractivity contribution in [3.63, 3.8) is 0 Å². The first-order valence-corrected chi connectivity index (χ1v) is 9.36. The number of aromatic nitrogens is 4. The van der Waals surface area contributed by atoms with E-state index in [2.05, 4.69) is 59.4 Å². The molecule has 0 aliphatic rings. The van der Waals surface area contributed by atoms with Crippen LogP contribution < -0.4 is 5.32 Å². The van der Waals surface area contributed by atoms with Crippen LogP contribution in [0.5, 0.6) is 0 Å². The molecule has 0 radical (unpaired) electrons. The van der Waals surface area contributed by atoms with E-state index in [0.717, 1.165) is 24.9 Å². The van der Waals surface area contributed by atoms with Crippen LogP contribution in [-0.2, 0) is 13.1 Å².